The van der Waals surface area contributed by atoms with Gasteiger partial charge in [-0.3, -0.25) is 14.8 Å². The lowest BCUT2D eigenvalue weighted by molar-refractivity contribution is -0.128. The Morgan fingerprint density at radius 3 is 2.80 bits per heavy atom. The largest absolute Gasteiger partial charge is 0.495 e. The number of amides is 2. The SMILES string of the molecule is COc1csc(CC(=O)NO)c1C(N)=O. The molecule has 0 aliphatic heterocycles. The summed E-state index contributed by atoms with van der Waals surface area (Å²) in [6.07, 6.45) is -0.108. The normalized spacial score (nSPS) is 9.73. The van der Waals surface area contributed by atoms with E-state index < -0.39 is 11.8 Å². The summed E-state index contributed by atoms with van der Waals surface area (Å²) in [5.41, 5.74) is 6.81. The number of hydrogen-bond acceptors (Lipinski definition) is 5. The summed E-state index contributed by atoms with van der Waals surface area (Å²) in [4.78, 5) is 22.5. The van der Waals surface area contributed by atoms with Gasteiger partial charge in [0.25, 0.3) is 5.91 Å². The number of thiophene rings is 1. The van der Waals surface area contributed by atoms with Gasteiger partial charge in [0, 0.05) is 10.3 Å². The van der Waals surface area contributed by atoms with Crippen LogP contribution in [0.25, 0.3) is 0 Å². The molecule has 1 rings (SSSR count). The third kappa shape index (κ3) is 2.45. The summed E-state index contributed by atoms with van der Waals surface area (Å²) in [7, 11) is 1.41. The van der Waals surface area contributed by atoms with Crippen LogP contribution in [-0.2, 0) is 11.2 Å². The van der Waals surface area contributed by atoms with E-state index in [1.807, 2.05) is 0 Å². The molecule has 15 heavy (non-hydrogen) atoms. The lowest BCUT2D eigenvalue weighted by Crippen LogP contribution is -2.22. The van der Waals surface area contributed by atoms with E-state index in [0.717, 1.165) is 0 Å². The third-order valence-corrected chi connectivity index (χ3v) is 2.71. The fraction of sp³-hybridized carbons (Fsp3) is 0.250. The summed E-state index contributed by atoms with van der Waals surface area (Å²) in [6.45, 7) is 0. The first-order valence-electron chi connectivity index (χ1n) is 3.97. The summed E-state index contributed by atoms with van der Waals surface area (Å²) < 4.78 is 4.92. The van der Waals surface area contributed by atoms with Gasteiger partial charge in [-0.1, -0.05) is 0 Å². The van der Waals surface area contributed by atoms with Gasteiger partial charge in [0.15, 0.2) is 0 Å². The quantitative estimate of drug-likeness (QED) is 0.496. The van der Waals surface area contributed by atoms with Crippen molar-refractivity contribution in [3.63, 3.8) is 0 Å². The van der Waals surface area contributed by atoms with Crippen LogP contribution in [0.15, 0.2) is 5.38 Å². The van der Waals surface area contributed by atoms with Crippen molar-refractivity contribution in [3.05, 3.63) is 15.8 Å². The van der Waals surface area contributed by atoms with Crippen molar-refractivity contribution >= 4 is 23.2 Å². The van der Waals surface area contributed by atoms with Crippen LogP contribution in [0.3, 0.4) is 0 Å². The Balaban J connectivity index is 3.02. The molecule has 0 aliphatic carbocycles. The van der Waals surface area contributed by atoms with Crippen LogP contribution < -0.4 is 16.0 Å². The van der Waals surface area contributed by atoms with Gasteiger partial charge in [0.2, 0.25) is 5.91 Å². The lowest BCUT2D eigenvalue weighted by Gasteiger charge is -2.01. The third-order valence-electron chi connectivity index (χ3n) is 1.75. The molecule has 0 spiro atoms. The molecule has 0 saturated heterocycles. The first-order valence-corrected chi connectivity index (χ1v) is 4.85. The number of ether oxygens (including phenoxy) is 1. The van der Waals surface area contributed by atoms with Gasteiger partial charge in [0.05, 0.1) is 19.1 Å². The van der Waals surface area contributed by atoms with Gasteiger partial charge in [-0.15, -0.1) is 11.3 Å². The van der Waals surface area contributed by atoms with Gasteiger partial charge in [-0.2, -0.15) is 0 Å². The smallest absolute Gasteiger partial charge is 0.253 e. The minimum Gasteiger partial charge on any atom is -0.495 e. The minimum absolute atomic E-state index is 0.108. The van der Waals surface area contributed by atoms with Crippen molar-refractivity contribution in [2.75, 3.05) is 7.11 Å². The van der Waals surface area contributed by atoms with E-state index in [1.165, 1.54) is 23.9 Å². The molecule has 1 heterocycles. The van der Waals surface area contributed by atoms with Gasteiger partial charge < -0.3 is 10.5 Å². The highest BCUT2D eigenvalue weighted by Crippen LogP contribution is 2.29. The van der Waals surface area contributed by atoms with E-state index in [2.05, 4.69) is 0 Å². The first-order chi connectivity index (χ1) is 7.10. The number of hydroxylamine groups is 1. The Hall–Kier alpha value is -1.60. The fourth-order valence-corrected chi connectivity index (χ4v) is 2.10. The second-order valence-electron chi connectivity index (χ2n) is 2.68. The molecule has 0 bridgehead atoms. The Morgan fingerprint density at radius 2 is 2.33 bits per heavy atom. The molecule has 0 atom stereocenters. The monoisotopic (exact) mass is 230 g/mol. The first kappa shape index (κ1) is 11.5. The summed E-state index contributed by atoms with van der Waals surface area (Å²) >= 11 is 1.17. The standard InChI is InChI=1S/C8H10N2O4S/c1-14-4-3-15-5(2-6(11)10-13)7(4)8(9)12/h3,13H,2H2,1H3,(H2,9,12)(H,10,11). The highest BCUT2D eigenvalue weighted by atomic mass is 32.1. The highest BCUT2D eigenvalue weighted by Gasteiger charge is 2.19. The van der Waals surface area contributed by atoms with Gasteiger partial charge in [0.1, 0.15) is 5.75 Å². The molecule has 0 aliphatic rings. The van der Waals surface area contributed by atoms with Crippen molar-refractivity contribution in [2.24, 2.45) is 5.73 Å². The second-order valence-corrected chi connectivity index (χ2v) is 3.64. The Labute approximate surface area is 89.6 Å². The van der Waals surface area contributed by atoms with Crippen LogP contribution in [0.5, 0.6) is 5.75 Å². The fourth-order valence-electron chi connectivity index (χ4n) is 1.10. The Kier molecular flexibility index (Phi) is 3.64. The molecule has 1 aromatic rings. The molecule has 7 heteroatoms. The van der Waals surface area contributed by atoms with Crippen molar-refractivity contribution < 1.29 is 19.5 Å². The molecule has 1 aromatic heterocycles. The molecule has 0 radical (unpaired) electrons. The van der Waals surface area contributed by atoms with E-state index in [-0.39, 0.29) is 12.0 Å². The van der Waals surface area contributed by atoms with Crippen LogP contribution in [0.2, 0.25) is 0 Å². The zero-order valence-corrected chi connectivity index (χ0v) is 8.76. The van der Waals surface area contributed by atoms with E-state index in [4.69, 9.17) is 15.7 Å². The Bertz CT molecular complexity index is 388. The predicted octanol–water partition coefficient (Wildman–Crippen LogP) is -0.0965. The highest BCUT2D eigenvalue weighted by molar-refractivity contribution is 7.10. The predicted molar refractivity (Wildman–Crippen MR) is 53.0 cm³/mol. The van der Waals surface area contributed by atoms with E-state index >= 15 is 0 Å². The minimum atomic E-state index is -0.658. The van der Waals surface area contributed by atoms with E-state index in [1.54, 1.807) is 5.38 Å². The average molecular weight is 230 g/mol. The molecular weight excluding hydrogens is 220 g/mol. The van der Waals surface area contributed by atoms with Crippen LogP contribution in [0.1, 0.15) is 15.2 Å². The maximum absolute atomic E-state index is 11.1. The van der Waals surface area contributed by atoms with Crippen molar-refractivity contribution in [1.82, 2.24) is 5.48 Å². The van der Waals surface area contributed by atoms with Gasteiger partial charge >= 0.3 is 0 Å². The summed E-state index contributed by atoms with van der Waals surface area (Å²) in [6, 6.07) is 0. The molecule has 4 N–H and O–H groups in total. The second kappa shape index (κ2) is 4.76. The maximum Gasteiger partial charge on any atom is 0.253 e. The number of nitrogens with one attached hydrogen (secondary N) is 1. The maximum atomic E-state index is 11.1. The molecule has 0 aromatic carbocycles. The van der Waals surface area contributed by atoms with Crippen molar-refractivity contribution in [1.29, 1.82) is 0 Å². The molecular formula is C8H10N2O4S. The number of carbonyl (C=O) groups excluding carboxylic acids is 2. The number of primary amides is 1. The Morgan fingerprint density at radius 1 is 1.67 bits per heavy atom. The molecule has 0 fully saturated rings. The summed E-state index contributed by atoms with van der Waals surface area (Å²) in [5.74, 6) is -0.927. The molecule has 0 unspecified atom stereocenters. The lowest BCUT2D eigenvalue weighted by atomic mass is 10.2. The van der Waals surface area contributed by atoms with Crippen molar-refractivity contribution in [3.8, 4) is 5.75 Å². The van der Waals surface area contributed by atoms with Crippen LogP contribution >= 0.6 is 11.3 Å². The number of hydrogen-bond donors (Lipinski definition) is 3. The van der Waals surface area contributed by atoms with E-state index in [0.29, 0.717) is 10.6 Å². The number of methoxy groups -OCH3 is 1. The molecule has 2 amide bonds. The molecule has 0 saturated carbocycles. The van der Waals surface area contributed by atoms with Gasteiger partial charge in [-0.05, 0) is 0 Å². The summed E-state index contributed by atoms with van der Waals surface area (Å²) in [5, 5.41) is 9.93. The zero-order valence-electron chi connectivity index (χ0n) is 7.94. The molecule has 82 valence electrons. The van der Waals surface area contributed by atoms with Crippen molar-refractivity contribution in [2.45, 2.75) is 6.42 Å². The number of carbonyl (C=O) groups is 2. The number of nitrogens with two attached hydrogens (primary N) is 1. The van der Waals surface area contributed by atoms with Crippen LogP contribution in [0, 0.1) is 0 Å². The van der Waals surface area contributed by atoms with Crippen LogP contribution in [-0.4, -0.2) is 24.1 Å². The average Bonchev–Trinajstić information content (AvgIpc) is 2.60. The van der Waals surface area contributed by atoms with E-state index in [9.17, 15) is 9.59 Å². The number of rotatable bonds is 4. The van der Waals surface area contributed by atoms with Crippen LogP contribution in [0.4, 0.5) is 0 Å². The zero-order chi connectivity index (χ0) is 11.4. The van der Waals surface area contributed by atoms with Gasteiger partial charge in [-0.25, -0.2) is 5.48 Å². The molecule has 6 nitrogen and oxygen atoms in total. The topological polar surface area (TPSA) is 102 Å².